The molecule has 1 aliphatic rings. The summed E-state index contributed by atoms with van der Waals surface area (Å²) in [6.07, 6.45) is 0. The van der Waals surface area contributed by atoms with E-state index in [0.717, 1.165) is 22.4 Å². The lowest BCUT2D eigenvalue weighted by Crippen LogP contribution is -2.21. The van der Waals surface area contributed by atoms with Crippen molar-refractivity contribution in [1.82, 2.24) is 20.2 Å². The van der Waals surface area contributed by atoms with Gasteiger partial charge in [0.15, 0.2) is 0 Å². The van der Waals surface area contributed by atoms with Crippen molar-refractivity contribution < 1.29 is 4.79 Å². The number of carbonyl (C=O) groups is 1. The summed E-state index contributed by atoms with van der Waals surface area (Å²) in [4.78, 5) is 15.6. The lowest BCUT2D eigenvalue weighted by molar-refractivity contribution is 0.247. The molecule has 0 spiro atoms. The zero-order valence-electron chi connectivity index (χ0n) is 9.82. The van der Waals surface area contributed by atoms with Gasteiger partial charge in [-0.2, -0.15) is 0 Å². The fraction of sp³-hybridized carbons (Fsp3) is 0.333. The van der Waals surface area contributed by atoms with Crippen LogP contribution in [0.3, 0.4) is 0 Å². The molecule has 3 rings (SSSR count). The number of rotatable bonds is 1. The Morgan fingerprint density at radius 2 is 2.29 bits per heavy atom. The molecule has 1 aromatic carbocycles. The van der Waals surface area contributed by atoms with Crippen molar-refractivity contribution in [2.24, 2.45) is 7.05 Å². The number of imidazole rings is 1. The van der Waals surface area contributed by atoms with E-state index < -0.39 is 0 Å². The van der Waals surface area contributed by atoms with E-state index in [1.54, 1.807) is 0 Å². The normalized spacial score (nSPS) is 19.4. The Bertz CT molecular complexity index is 602. The van der Waals surface area contributed by atoms with Gasteiger partial charge in [-0.15, -0.1) is 0 Å². The monoisotopic (exact) mass is 230 g/mol. The van der Waals surface area contributed by atoms with Gasteiger partial charge in [0.2, 0.25) is 0 Å². The molecule has 1 fully saturated rings. The summed E-state index contributed by atoms with van der Waals surface area (Å²) >= 11 is 0. The number of amides is 2. The Labute approximate surface area is 98.8 Å². The van der Waals surface area contributed by atoms with Crippen LogP contribution in [0.15, 0.2) is 18.2 Å². The smallest absolute Gasteiger partial charge is 0.315 e. The van der Waals surface area contributed by atoms with E-state index in [9.17, 15) is 4.79 Å². The average molecular weight is 230 g/mol. The lowest BCUT2D eigenvalue weighted by Gasteiger charge is -2.08. The summed E-state index contributed by atoms with van der Waals surface area (Å²) in [5, 5.41) is 5.63. The molecule has 88 valence electrons. The third-order valence-corrected chi connectivity index (χ3v) is 3.30. The van der Waals surface area contributed by atoms with E-state index in [1.807, 2.05) is 26.1 Å². The van der Waals surface area contributed by atoms with Gasteiger partial charge in [0.05, 0.1) is 17.1 Å². The summed E-state index contributed by atoms with van der Waals surface area (Å²) in [6, 6.07) is 6.08. The van der Waals surface area contributed by atoms with Crippen LogP contribution < -0.4 is 10.6 Å². The lowest BCUT2D eigenvalue weighted by atomic mass is 10.1. The van der Waals surface area contributed by atoms with Crippen molar-refractivity contribution in [3.63, 3.8) is 0 Å². The van der Waals surface area contributed by atoms with Crippen molar-refractivity contribution >= 4 is 17.1 Å². The maximum Gasteiger partial charge on any atom is 0.315 e. The maximum absolute atomic E-state index is 11.1. The zero-order valence-corrected chi connectivity index (χ0v) is 9.82. The Morgan fingerprint density at radius 3 is 3.00 bits per heavy atom. The van der Waals surface area contributed by atoms with Crippen LogP contribution in [0.1, 0.15) is 17.4 Å². The predicted molar refractivity (Wildman–Crippen MR) is 64.7 cm³/mol. The first kappa shape index (κ1) is 10.1. The van der Waals surface area contributed by atoms with Crippen LogP contribution in [-0.2, 0) is 7.05 Å². The topological polar surface area (TPSA) is 59.0 Å². The standard InChI is InChI=1S/C12H14N4O/c1-7-14-9-5-8(3-4-11(9)16(7)2)10-6-13-12(17)15-10/h3-5,10H,6H2,1-2H3,(H2,13,15,17). The van der Waals surface area contributed by atoms with Gasteiger partial charge in [-0.3, -0.25) is 0 Å². The molecule has 2 N–H and O–H groups in total. The fourth-order valence-corrected chi connectivity index (χ4v) is 2.21. The number of fused-ring (bicyclic) bond motifs is 1. The molecule has 1 saturated heterocycles. The number of benzene rings is 1. The van der Waals surface area contributed by atoms with Gasteiger partial charge in [0.1, 0.15) is 5.82 Å². The van der Waals surface area contributed by atoms with E-state index in [1.165, 1.54) is 0 Å². The van der Waals surface area contributed by atoms with E-state index in [0.29, 0.717) is 6.54 Å². The molecule has 2 heterocycles. The molecule has 5 heteroatoms. The first-order valence-electron chi connectivity index (χ1n) is 5.62. The van der Waals surface area contributed by atoms with Crippen LogP contribution in [0, 0.1) is 6.92 Å². The number of hydrogen-bond acceptors (Lipinski definition) is 2. The molecule has 0 radical (unpaired) electrons. The molecule has 1 atom stereocenters. The Hall–Kier alpha value is -2.04. The quantitative estimate of drug-likeness (QED) is 0.774. The van der Waals surface area contributed by atoms with Gasteiger partial charge in [-0.05, 0) is 24.6 Å². The highest BCUT2D eigenvalue weighted by atomic mass is 16.2. The first-order chi connectivity index (χ1) is 8.15. The van der Waals surface area contributed by atoms with Gasteiger partial charge in [0, 0.05) is 13.6 Å². The molecule has 2 amide bonds. The van der Waals surface area contributed by atoms with Crippen LogP contribution in [0.25, 0.3) is 11.0 Å². The second-order valence-electron chi connectivity index (χ2n) is 4.37. The summed E-state index contributed by atoms with van der Waals surface area (Å²) in [5.74, 6) is 0.991. The summed E-state index contributed by atoms with van der Waals surface area (Å²) < 4.78 is 2.06. The molecule has 5 nitrogen and oxygen atoms in total. The zero-order chi connectivity index (χ0) is 12.0. The van der Waals surface area contributed by atoms with Crippen molar-refractivity contribution in [2.45, 2.75) is 13.0 Å². The molecule has 1 unspecified atom stereocenters. The Kier molecular flexibility index (Phi) is 2.07. The van der Waals surface area contributed by atoms with Gasteiger partial charge in [-0.1, -0.05) is 6.07 Å². The molecular weight excluding hydrogens is 216 g/mol. The van der Waals surface area contributed by atoms with E-state index in [2.05, 4.69) is 26.3 Å². The number of carbonyl (C=O) groups excluding carboxylic acids is 1. The van der Waals surface area contributed by atoms with Crippen LogP contribution in [0.5, 0.6) is 0 Å². The van der Waals surface area contributed by atoms with Gasteiger partial charge in [-0.25, -0.2) is 9.78 Å². The Balaban J connectivity index is 2.05. The predicted octanol–water partition coefficient (Wildman–Crippen LogP) is 1.24. The molecule has 0 saturated carbocycles. The van der Waals surface area contributed by atoms with Crippen molar-refractivity contribution in [2.75, 3.05) is 6.54 Å². The maximum atomic E-state index is 11.1. The van der Waals surface area contributed by atoms with Gasteiger partial charge < -0.3 is 15.2 Å². The molecule has 2 aromatic rings. The molecule has 1 aliphatic heterocycles. The van der Waals surface area contributed by atoms with Crippen LogP contribution in [0.4, 0.5) is 4.79 Å². The van der Waals surface area contributed by atoms with Gasteiger partial charge in [0.25, 0.3) is 0 Å². The number of nitrogens with one attached hydrogen (secondary N) is 2. The number of nitrogens with zero attached hydrogens (tertiary/aromatic N) is 2. The third kappa shape index (κ3) is 1.54. The molecule has 17 heavy (non-hydrogen) atoms. The molecule has 1 aromatic heterocycles. The fourth-order valence-electron chi connectivity index (χ4n) is 2.21. The van der Waals surface area contributed by atoms with Crippen molar-refractivity contribution in [1.29, 1.82) is 0 Å². The summed E-state index contributed by atoms with van der Waals surface area (Å²) in [6.45, 7) is 2.62. The minimum atomic E-state index is -0.104. The number of aryl methyl sites for hydroxylation is 2. The van der Waals surface area contributed by atoms with Gasteiger partial charge >= 0.3 is 6.03 Å². The number of hydrogen-bond donors (Lipinski definition) is 2. The summed E-state index contributed by atoms with van der Waals surface area (Å²) in [5.41, 5.74) is 3.18. The largest absolute Gasteiger partial charge is 0.336 e. The van der Waals surface area contributed by atoms with Crippen LogP contribution >= 0.6 is 0 Å². The van der Waals surface area contributed by atoms with E-state index >= 15 is 0 Å². The summed E-state index contributed by atoms with van der Waals surface area (Å²) in [7, 11) is 2.00. The molecule has 0 bridgehead atoms. The molecule has 0 aliphatic carbocycles. The second kappa shape index (κ2) is 3.48. The van der Waals surface area contributed by atoms with Crippen molar-refractivity contribution in [3.8, 4) is 0 Å². The number of aromatic nitrogens is 2. The highest BCUT2D eigenvalue weighted by Crippen LogP contribution is 2.21. The molecular formula is C12H14N4O. The highest BCUT2D eigenvalue weighted by Gasteiger charge is 2.21. The minimum Gasteiger partial charge on any atom is -0.336 e. The Morgan fingerprint density at radius 1 is 1.47 bits per heavy atom. The first-order valence-corrected chi connectivity index (χ1v) is 5.62. The SMILES string of the molecule is Cc1nc2cc(C3CNC(=O)N3)ccc2n1C. The van der Waals surface area contributed by atoms with E-state index in [-0.39, 0.29) is 12.1 Å². The van der Waals surface area contributed by atoms with Crippen molar-refractivity contribution in [3.05, 3.63) is 29.6 Å². The van der Waals surface area contributed by atoms with Crippen LogP contribution in [0.2, 0.25) is 0 Å². The average Bonchev–Trinajstić information content (AvgIpc) is 2.85. The second-order valence-corrected chi connectivity index (χ2v) is 4.37. The minimum absolute atomic E-state index is 0.0502. The number of urea groups is 1. The van der Waals surface area contributed by atoms with E-state index in [4.69, 9.17) is 0 Å². The third-order valence-electron chi connectivity index (χ3n) is 3.30. The highest BCUT2D eigenvalue weighted by molar-refractivity contribution is 5.79. The van der Waals surface area contributed by atoms with Crippen LogP contribution in [-0.4, -0.2) is 22.1 Å².